The Hall–Kier alpha value is -1.67. The summed E-state index contributed by atoms with van der Waals surface area (Å²) in [4.78, 5) is 11.9. The molecule has 0 amide bonds. The van der Waals surface area contributed by atoms with E-state index in [0.717, 1.165) is 51.2 Å². The van der Waals surface area contributed by atoms with E-state index in [4.69, 9.17) is 14.3 Å². The highest BCUT2D eigenvalue weighted by atomic mass is 16.5. The lowest BCUT2D eigenvalue weighted by molar-refractivity contribution is 0.00395. The minimum atomic E-state index is 0.279. The first-order valence-electron chi connectivity index (χ1n) is 11.2. The van der Waals surface area contributed by atoms with Crippen LogP contribution in [0.3, 0.4) is 0 Å². The second-order valence-electron chi connectivity index (χ2n) is 7.89. The summed E-state index contributed by atoms with van der Waals surface area (Å²) >= 11 is 0. The highest BCUT2D eigenvalue weighted by Gasteiger charge is 2.26. The van der Waals surface area contributed by atoms with Gasteiger partial charge in [0.15, 0.2) is 11.8 Å². The lowest BCUT2D eigenvalue weighted by Crippen LogP contribution is -2.49. The third kappa shape index (κ3) is 7.59. The number of guanidine groups is 1. The van der Waals surface area contributed by atoms with E-state index >= 15 is 0 Å². The molecule has 0 bridgehead atoms. The molecular weight excluding hydrogens is 368 g/mol. The van der Waals surface area contributed by atoms with Gasteiger partial charge in [0.05, 0.1) is 19.8 Å². The van der Waals surface area contributed by atoms with Crippen LogP contribution in [-0.2, 0) is 11.2 Å². The first-order valence-corrected chi connectivity index (χ1v) is 11.2. The standard InChI is InChI=1S/C21H40N6O2/c1-6-17(7-2)18(27-11-13-28-14-12-27)15-24-21(22-8-3)23-10-9-19-25-20(16(4)5)26-29-19/h16-18H,6-15H2,1-5H3,(H2,22,23,24). The van der Waals surface area contributed by atoms with Crippen molar-refractivity contribution >= 4 is 5.96 Å². The van der Waals surface area contributed by atoms with Crippen LogP contribution in [0.4, 0.5) is 0 Å². The van der Waals surface area contributed by atoms with Crippen molar-refractivity contribution in [2.24, 2.45) is 10.9 Å². The number of hydrogen-bond donors (Lipinski definition) is 2. The monoisotopic (exact) mass is 408 g/mol. The van der Waals surface area contributed by atoms with Crippen molar-refractivity contribution in [3.05, 3.63) is 11.7 Å². The number of hydrogen-bond acceptors (Lipinski definition) is 6. The van der Waals surface area contributed by atoms with Gasteiger partial charge < -0.3 is 19.9 Å². The fourth-order valence-electron chi connectivity index (χ4n) is 3.72. The minimum absolute atomic E-state index is 0.279. The highest BCUT2D eigenvalue weighted by molar-refractivity contribution is 5.79. The summed E-state index contributed by atoms with van der Waals surface area (Å²) in [5.74, 6) is 3.20. The van der Waals surface area contributed by atoms with Gasteiger partial charge in [-0.2, -0.15) is 4.98 Å². The summed E-state index contributed by atoms with van der Waals surface area (Å²) in [6.45, 7) is 16.7. The molecule has 1 aromatic rings. The molecule has 1 atom stereocenters. The SMILES string of the molecule is CCNC(=NCC(C(CC)CC)N1CCOCC1)NCCc1nc(C(C)C)no1. The molecule has 0 aromatic carbocycles. The topological polar surface area (TPSA) is 87.8 Å². The van der Waals surface area contributed by atoms with Crippen molar-refractivity contribution in [1.29, 1.82) is 0 Å². The molecule has 0 spiro atoms. The summed E-state index contributed by atoms with van der Waals surface area (Å²) in [6, 6.07) is 0.453. The second kappa shape index (κ2) is 12.8. The molecule has 8 nitrogen and oxygen atoms in total. The lowest BCUT2D eigenvalue weighted by atomic mass is 9.92. The average molecular weight is 409 g/mol. The van der Waals surface area contributed by atoms with E-state index in [0.29, 0.717) is 30.8 Å². The van der Waals surface area contributed by atoms with Gasteiger partial charge in [0, 0.05) is 44.6 Å². The predicted octanol–water partition coefficient (Wildman–Crippen LogP) is 2.43. The summed E-state index contributed by atoms with van der Waals surface area (Å²) < 4.78 is 10.9. The van der Waals surface area contributed by atoms with Gasteiger partial charge in [-0.1, -0.05) is 45.7 Å². The van der Waals surface area contributed by atoms with E-state index in [2.05, 4.69) is 60.3 Å². The van der Waals surface area contributed by atoms with Crippen LogP contribution in [0, 0.1) is 5.92 Å². The normalized spacial score (nSPS) is 17.1. The van der Waals surface area contributed by atoms with Gasteiger partial charge in [0.1, 0.15) is 0 Å². The second-order valence-corrected chi connectivity index (χ2v) is 7.89. The Morgan fingerprint density at radius 2 is 1.86 bits per heavy atom. The number of morpholine rings is 1. The molecule has 1 aliphatic heterocycles. The molecule has 0 radical (unpaired) electrons. The van der Waals surface area contributed by atoms with E-state index in [1.807, 2.05) is 0 Å². The molecule has 0 saturated carbocycles. The number of nitrogens with zero attached hydrogens (tertiary/aromatic N) is 4. The Kier molecular flexibility index (Phi) is 10.4. The molecule has 2 N–H and O–H groups in total. The molecule has 1 aliphatic rings. The molecule has 2 heterocycles. The largest absolute Gasteiger partial charge is 0.379 e. The minimum Gasteiger partial charge on any atom is -0.379 e. The zero-order valence-electron chi connectivity index (χ0n) is 18.9. The van der Waals surface area contributed by atoms with Gasteiger partial charge in [0.2, 0.25) is 5.89 Å². The van der Waals surface area contributed by atoms with Crippen LogP contribution in [-0.4, -0.2) is 73.0 Å². The maximum Gasteiger partial charge on any atom is 0.228 e. The van der Waals surface area contributed by atoms with Crippen LogP contribution in [0.5, 0.6) is 0 Å². The molecule has 29 heavy (non-hydrogen) atoms. The zero-order chi connectivity index (χ0) is 21.1. The average Bonchev–Trinajstić information content (AvgIpc) is 3.21. The van der Waals surface area contributed by atoms with E-state index in [-0.39, 0.29) is 5.92 Å². The Morgan fingerprint density at radius 1 is 1.14 bits per heavy atom. The van der Waals surface area contributed by atoms with E-state index in [1.54, 1.807) is 0 Å². The van der Waals surface area contributed by atoms with Gasteiger partial charge in [0.25, 0.3) is 0 Å². The van der Waals surface area contributed by atoms with Crippen LogP contribution in [0.2, 0.25) is 0 Å². The Labute approximate surface area is 175 Å². The Bertz CT molecular complexity index is 594. The molecule has 1 unspecified atom stereocenters. The summed E-state index contributed by atoms with van der Waals surface area (Å²) in [5, 5.41) is 10.8. The number of aromatic nitrogens is 2. The van der Waals surface area contributed by atoms with E-state index in [1.165, 1.54) is 12.8 Å². The number of aliphatic imine (C=N–C) groups is 1. The van der Waals surface area contributed by atoms with Crippen LogP contribution in [0.15, 0.2) is 9.52 Å². The fraction of sp³-hybridized carbons (Fsp3) is 0.857. The van der Waals surface area contributed by atoms with Gasteiger partial charge in [-0.25, -0.2) is 0 Å². The molecule has 1 fully saturated rings. The van der Waals surface area contributed by atoms with Gasteiger partial charge in [-0.15, -0.1) is 0 Å². The zero-order valence-corrected chi connectivity index (χ0v) is 18.9. The number of ether oxygens (including phenoxy) is 1. The van der Waals surface area contributed by atoms with Gasteiger partial charge in [-0.3, -0.25) is 9.89 Å². The van der Waals surface area contributed by atoms with Crippen molar-refractivity contribution in [3.8, 4) is 0 Å². The third-order valence-corrected chi connectivity index (χ3v) is 5.52. The van der Waals surface area contributed by atoms with Crippen molar-refractivity contribution in [2.45, 2.75) is 65.8 Å². The van der Waals surface area contributed by atoms with E-state index < -0.39 is 0 Å². The van der Waals surface area contributed by atoms with Crippen molar-refractivity contribution in [1.82, 2.24) is 25.7 Å². The molecule has 2 rings (SSSR count). The smallest absolute Gasteiger partial charge is 0.228 e. The molecule has 0 aliphatic carbocycles. The third-order valence-electron chi connectivity index (χ3n) is 5.52. The molecule has 1 aromatic heterocycles. The summed E-state index contributed by atoms with van der Waals surface area (Å²) in [5.41, 5.74) is 0. The fourth-order valence-corrected chi connectivity index (χ4v) is 3.72. The lowest BCUT2D eigenvalue weighted by Gasteiger charge is -2.38. The van der Waals surface area contributed by atoms with Crippen LogP contribution < -0.4 is 10.6 Å². The molecule has 1 saturated heterocycles. The summed E-state index contributed by atoms with van der Waals surface area (Å²) in [6.07, 6.45) is 3.03. The van der Waals surface area contributed by atoms with Gasteiger partial charge in [-0.05, 0) is 12.8 Å². The molecular formula is C21H40N6O2. The maximum atomic E-state index is 5.55. The first-order chi connectivity index (χ1) is 14.1. The Balaban J connectivity index is 1.94. The van der Waals surface area contributed by atoms with Crippen LogP contribution in [0.25, 0.3) is 0 Å². The quantitative estimate of drug-likeness (QED) is 0.429. The van der Waals surface area contributed by atoms with Gasteiger partial charge >= 0.3 is 0 Å². The number of rotatable bonds is 11. The van der Waals surface area contributed by atoms with Crippen molar-refractivity contribution in [3.63, 3.8) is 0 Å². The Morgan fingerprint density at radius 3 is 2.45 bits per heavy atom. The number of nitrogens with one attached hydrogen (secondary N) is 2. The predicted molar refractivity (Wildman–Crippen MR) is 116 cm³/mol. The van der Waals surface area contributed by atoms with Crippen molar-refractivity contribution < 1.29 is 9.26 Å². The first kappa shape index (κ1) is 23.6. The highest BCUT2D eigenvalue weighted by Crippen LogP contribution is 2.20. The molecule has 8 heteroatoms. The maximum absolute atomic E-state index is 5.55. The van der Waals surface area contributed by atoms with Crippen LogP contribution in [0.1, 0.15) is 65.1 Å². The van der Waals surface area contributed by atoms with Crippen LogP contribution >= 0.6 is 0 Å². The molecule has 166 valence electrons. The summed E-state index contributed by atoms with van der Waals surface area (Å²) in [7, 11) is 0. The van der Waals surface area contributed by atoms with Crippen molar-refractivity contribution in [2.75, 3.05) is 45.9 Å². The van der Waals surface area contributed by atoms with E-state index in [9.17, 15) is 0 Å².